The molecule has 4 rings (SSSR count). The molecule has 0 aliphatic carbocycles. The molecular formula is C22H20N2O2. The number of aromatic amines is 1. The van der Waals surface area contributed by atoms with Gasteiger partial charge in [-0.1, -0.05) is 54.6 Å². The highest BCUT2D eigenvalue weighted by atomic mass is 16.2. The van der Waals surface area contributed by atoms with Gasteiger partial charge in [0.25, 0.3) is 5.91 Å². The Kier molecular flexibility index (Phi) is 4.17. The Balaban J connectivity index is 1.73. The predicted octanol–water partition coefficient (Wildman–Crippen LogP) is 3.47. The Morgan fingerprint density at radius 3 is 2.58 bits per heavy atom. The van der Waals surface area contributed by atoms with Gasteiger partial charge in [-0.25, -0.2) is 0 Å². The van der Waals surface area contributed by atoms with Crippen molar-refractivity contribution in [2.24, 2.45) is 0 Å². The summed E-state index contributed by atoms with van der Waals surface area (Å²) in [4.78, 5) is 30.0. The second-order valence-corrected chi connectivity index (χ2v) is 6.74. The highest BCUT2D eigenvalue weighted by molar-refractivity contribution is 5.94. The van der Waals surface area contributed by atoms with Gasteiger partial charge in [-0.3, -0.25) is 9.59 Å². The van der Waals surface area contributed by atoms with E-state index in [1.54, 1.807) is 11.8 Å². The normalized spacial score (nSPS) is 16.2. The van der Waals surface area contributed by atoms with E-state index in [1.165, 1.54) is 23.4 Å². The van der Waals surface area contributed by atoms with Crippen molar-refractivity contribution in [2.75, 3.05) is 6.54 Å². The van der Waals surface area contributed by atoms with Crippen LogP contribution in [0.5, 0.6) is 0 Å². The van der Waals surface area contributed by atoms with Crippen molar-refractivity contribution in [3.05, 3.63) is 105 Å². The van der Waals surface area contributed by atoms with E-state index in [9.17, 15) is 9.59 Å². The minimum Gasteiger partial charge on any atom is -0.364 e. The highest BCUT2D eigenvalue weighted by Crippen LogP contribution is 2.33. The van der Waals surface area contributed by atoms with Crippen LogP contribution in [0.15, 0.2) is 71.7 Å². The van der Waals surface area contributed by atoms with Gasteiger partial charge in [-0.2, -0.15) is 0 Å². The van der Waals surface area contributed by atoms with E-state index in [2.05, 4.69) is 29.2 Å². The number of aromatic nitrogens is 1. The number of H-pyrrole nitrogens is 1. The van der Waals surface area contributed by atoms with Crippen molar-refractivity contribution in [3.8, 4) is 0 Å². The summed E-state index contributed by atoms with van der Waals surface area (Å²) in [5.74, 6) is -0.115. The number of benzene rings is 2. The highest BCUT2D eigenvalue weighted by Gasteiger charge is 2.30. The topological polar surface area (TPSA) is 53.2 Å². The van der Waals surface area contributed by atoms with Gasteiger partial charge in [0.2, 0.25) is 0 Å². The van der Waals surface area contributed by atoms with Crippen LogP contribution < -0.4 is 5.43 Å². The number of nitrogens with zero attached hydrogens (tertiary/aromatic N) is 1. The molecule has 26 heavy (non-hydrogen) atoms. The molecule has 1 aliphatic heterocycles. The summed E-state index contributed by atoms with van der Waals surface area (Å²) in [6.07, 6.45) is 1.53. The molecule has 0 radical (unpaired) electrons. The van der Waals surface area contributed by atoms with Crippen LogP contribution in [0, 0.1) is 6.92 Å². The molecule has 0 saturated heterocycles. The van der Waals surface area contributed by atoms with Crippen molar-refractivity contribution in [1.82, 2.24) is 9.88 Å². The lowest BCUT2D eigenvalue weighted by molar-refractivity contribution is 0.0723. The molecule has 4 nitrogen and oxygen atoms in total. The maximum Gasteiger partial charge on any atom is 0.259 e. The summed E-state index contributed by atoms with van der Waals surface area (Å²) in [6, 6.07) is 19.9. The standard InChI is InChI=1S/C22H20N2O2/c1-15-11-21(25)19(12-23-15)22(26)24-13-17-9-5-6-10-18(17)20(14-24)16-7-3-2-4-8-16/h2-12,20H,13-14H2,1H3,(H,23,25)/t20-/m0/s1. The number of hydrogen-bond donors (Lipinski definition) is 1. The summed E-state index contributed by atoms with van der Waals surface area (Å²) >= 11 is 0. The number of fused-ring (bicyclic) bond motifs is 1. The van der Waals surface area contributed by atoms with Gasteiger partial charge in [0.05, 0.1) is 0 Å². The van der Waals surface area contributed by atoms with Crippen LogP contribution in [-0.4, -0.2) is 22.3 Å². The molecule has 3 aromatic rings. The van der Waals surface area contributed by atoms with Gasteiger partial charge < -0.3 is 9.88 Å². The Bertz CT molecular complexity index is 1010. The van der Waals surface area contributed by atoms with E-state index < -0.39 is 0 Å². The molecule has 1 atom stereocenters. The lowest BCUT2D eigenvalue weighted by atomic mass is 9.84. The number of nitrogens with one attached hydrogen (secondary N) is 1. The second-order valence-electron chi connectivity index (χ2n) is 6.74. The first-order chi connectivity index (χ1) is 12.6. The Labute approximate surface area is 152 Å². The smallest absolute Gasteiger partial charge is 0.259 e. The molecule has 2 heterocycles. The Morgan fingerprint density at radius 2 is 1.81 bits per heavy atom. The SMILES string of the molecule is Cc1cc(=O)c(C(=O)N2Cc3ccccc3[C@H](c3ccccc3)C2)c[nH]1. The zero-order chi connectivity index (χ0) is 18.1. The minimum atomic E-state index is -0.235. The number of aryl methyl sites for hydroxylation is 1. The van der Waals surface area contributed by atoms with Crippen molar-refractivity contribution < 1.29 is 4.79 Å². The molecule has 0 unspecified atom stereocenters. The number of carbonyl (C=O) groups excluding carboxylic acids is 1. The zero-order valence-corrected chi connectivity index (χ0v) is 14.6. The fourth-order valence-corrected chi connectivity index (χ4v) is 3.64. The van der Waals surface area contributed by atoms with Crippen molar-refractivity contribution >= 4 is 5.91 Å². The average molecular weight is 344 g/mol. The largest absolute Gasteiger partial charge is 0.364 e. The molecule has 0 saturated carbocycles. The summed E-state index contributed by atoms with van der Waals surface area (Å²) in [5, 5.41) is 0. The fourth-order valence-electron chi connectivity index (χ4n) is 3.64. The van der Waals surface area contributed by atoms with E-state index in [0.29, 0.717) is 13.1 Å². The maximum atomic E-state index is 13.0. The van der Waals surface area contributed by atoms with E-state index in [4.69, 9.17) is 0 Å². The second kappa shape index (κ2) is 6.64. The predicted molar refractivity (Wildman–Crippen MR) is 101 cm³/mol. The lowest BCUT2D eigenvalue weighted by Crippen LogP contribution is -2.40. The van der Waals surface area contributed by atoms with Crippen molar-refractivity contribution in [3.63, 3.8) is 0 Å². The Hall–Kier alpha value is -3.14. The van der Waals surface area contributed by atoms with Crippen LogP contribution in [0.25, 0.3) is 0 Å². The van der Waals surface area contributed by atoms with Gasteiger partial charge >= 0.3 is 0 Å². The van der Waals surface area contributed by atoms with Gasteiger partial charge in [0.15, 0.2) is 5.43 Å². The third-order valence-corrected chi connectivity index (χ3v) is 4.97. The molecule has 0 fully saturated rings. The van der Waals surface area contributed by atoms with E-state index in [1.807, 2.05) is 30.3 Å². The zero-order valence-electron chi connectivity index (χ0n) is 14.6. The van der Waals surface area contributed by atoms with E-state index in [0.717, 1.165) is 11.3 Å². The summed E-state index contributed by atoms with van der Waals surface area (Å²) in [6.45, 7) is 2.89. The summed E-state index contributed by atoms with van der Waals surface area (Å²) in [7, 11) is 0. The number of rotatable bonds is 2. The van der Waals surface area contributed by atoms with Gasteiger partial charge in [-0.15, -0.1) is 0 Å². The van der Waals surface area contributed by atoms with Crippen LogP contribution in [0.1, 0.15) is 38.7 Å². The quantitative estimate of drug-likeness (QED) is 0.774. The van der Waals surface area contributed by atoms with Crippen molar-refractivity contribution in [1.29, 1.82) is 0 Å². The first-order valence-corrected chi connectivity index (χ1v) is 8.75. The van der Waals surface area contributed by atoms with Crippen LogP contribution in [0.3, 0.4) is 0 Å². The molecule has 0 spiro atoms. The molecule has 1 aliphatic rings. The first kappa shape index (κ1) is 16.3. The lowest BCUT2D eigenvalue weighted by Gasteiger charge is -2.35. The number of carbonyl (C=O) groups is 1. The van der Waals surface area contributed by atoms with Crippen LogP contribution in [-0.2, 0) is 6.54 Å². The van der Waals surface area contributed by atoms with Crippen LogP contribution in [0.2, 0.25) is 0 Å². The summed E-state index contributed by atoms with van der Waals surface area (Å²) < 4.78 is 0. The molecule has 4 heteroatoms. The molecule has 0 bridgehead atoms. The summed E-state index contributed by atoms with van der Waals surface area (Å²) in [5.41, 5.74) is 4.26. The number of pyridine rings is 1. The minimum absolute atomic E-state index is 0.106. The number of amides is 1. The monoisotopic (exact) mass is 344 g/mol. The molecular weight excluding hydrogens is 324 g/mol. The Morgan fingerprint density at radius 1 is 1.08 bits per heavy atom. The van der Waals surface area contributed by atoms with E-state index in [-0.39, 0.29) is 22.8 Å². The third kappa shape index (κ3) is 2.94. The molecule has 130 valence electrons. The van der Waals surface area contributed by atoms with Crippen LogP contribution >= 0.6 is 0 Å². The van der Waals surface area contributed by atoms with Gasteiger partial charge in [0.1, 0.15) is 5.56 Å². The van der Waals surface area contributed by atoms with Crippen LogP contribution in [0.4, 0.5) is 0 Å². The van der Waals surface area contributed by atoms with Gasteiger partial charge in [-0.05, 0) is 23.6 Å². The molecule has 1 aromatic heterocycles. The van der Waals surface area contributed by atoms with Crippen molar-refractivity contribution in [2.45, 2.75) is 19.4 Å². The average Bonchev–Trinajstić information content (AvgIpc) is 2.67. The first-order valence-electron chi connectivity index (χ1n) is 8.75. The maximum absolute atomic E-state index is 13.0. The fraction of sp³-hybridized carbons (Fsp3) is 0.182. The third-order valence-electron chi connectivity index (χ3n) is 4.97. The molecule has 1 N–H and O–H groups in total. The number of hydrogen-bond acceptors (Lipinski definition) is 2. The van der Waals surface area contributed by atoms with Gasteiger partial charge in [0, 0.05) is 37.0 Å². The van der Waals surface area contributed by atoms with E-state index >= 15 is 0 Å². The molecule has 1 amide bonds. The molecule has 2 aromatic carbocycles.